The summed E-state index contributed by atoms with van der Waals surface area (Å²) < 4.78 is 11.2. The Morgan fingerprint density at radius 2 is 2.13 bits per heavy atom. The van der Waals surface area contributed by atoms with E-state index in [0.29, 0.717) is 44.9 Å². The highest BCUT2D eigenvalue weighted by Gasteiger charge is 2.34. The molecule has 162 valence electrons. The Balaban J connectivity index is 1.28. The second kappa shape index (κ2) is 8.80. The highest BCUT2D eigenvalue weighted by Crippen LogP contribution is 2.37. The fourth-order valence-corrected chi connectivity index (χ4v) is 3.59. The maximum atomic E-state index is 12.0. The minimum atomic E-state index is -1.17. The van der Waals surface area contributed by atoms with Crippen molar-refractivity contribution < 1.29 is 33.9 Å². The number of hydroxylamine groups is 1. The van der Waals surface area contributed by atoms with Gasteiger partial charge in [0.2, 0.25) is 0 Å². The van der Waals surface area contributed by atoms with E-state index in [0.717, 1.165) is 18.4 Å². The predicted octanol–water partition coefficient (Wildman–Crippen LogP) is -0.352. The van der Waals surface area contributed by atoms with Crippen molar-refractivity contribution >= 4 is 19.0 Å². The minimum absolute atomic E-state index is 0.0754. The number of rotatable bonds is 9. The fraction of sp³-hybridized carbons (Fsp3) is 0.579. The van der Waals surface area contributed by atoms with Gasteiger partial charge >= 0.3 is 13.1 Å². The number of nitrogens with one attached hydrogen (secondary N) is 1. The third-order valence-corrected chi connectivity index (χ3v) is 5.53. The standard InChI is InChI=1S/C19H26BN3O7/c21-14(18(24)22-28-10-11-1-2-11)9-23-7-13(8-23)29-15-4-3-12-5-6-20(27)30-17(12)16(15)19(25)26/h3-4,11,13-14,27H,1-2,5-10,21H2,(H,22,24)(H,25,26)/t14-/m0/s1. The van der Waals surface area contributed by atoms with E-state index in [1.165, 1.54) is 0 Å². The number of ether oxygens (including phenoxy) is 1. The number of amides is 1. The van der Waals surface area contributed by atoms with Gasteiger partial charge in [-0.2, -0.15) is 0 Å². The molecule has 0 unspecified atom stereocenters. The number of aryl methyl sites for hydroxylation is 1. The van der Waals surface area contributed by atoms with Gasteiger partial charge in [0.15, 0.2) is 0 Å². The van der Waals surface area contributed by atoms with Gasteiger partial charge in [-0.25, -0.2) is 10.3 Å². The molecule has 1 aromatic carbocycles. The first-order valence-corrected chi connectivity index (χ1v) is 10.2. The van der Waals surface area contributed by atoms with Crippen molar-refractivity contribution in [3.63, 3.8) is 0 Å². The molecule has 1 saturated heterocycles. The number of aromatic carboxylic acids is 1. The smallest absolute Gasteiger partial charge is 0.522 e. The largest absolute Gasteiger partial charge is 0.535 e. The van der Waals surface area contributed by atoms with Gasteiger partial charge in [-0.05, 0) is 43.1 Å². The molecule has 0 bridgehead atoms. The number of nitrogens with zero attached hydrogens (tertiary/aromatic N) is 1. The van der Waals surface area contributed by atoms with Crippen LogP contribution in [0.5, 0.6) is 11.5 Å². The van der Waals surface area contributed by atoms with E-state index in [4.69, 9.17) is 20.0 Å². The molecule has 1 amide bonds. The molecule has 4 rings (SSSR count). The van der Waals surface area contributed by atoms with E-state index in [2.05, 4.69) is 5.48 Å². The maximum Gasteiger partial charge on any atom is 0.522 e. The highest BCUT2D eigenvalue weighted by atomic mass is 16.7. The fourth-order valence-electron chi connectivity index (χ4n) is 3.59. The molecule has 2 fully saturated rings. The molecule has 30 heavy (non-hydrogen) atoms. The molecule has 10 nitrogen and oxygen atoms in total. The van der Waals surface area contributed by atoms with E-state index >= 15 is 0 Å². The lowest BCUT2D eigenvalue weighted by molar-refractivity contribution is -0.136. The van der Waals surface area contributed by atoms with Crippen LogP contribution in [-0.4, -0.2) is 72.4 Å². The molecule has 1 aliphatic carbocycles. The topological polar surface area (TPSA) is 144 Å². The number of nitrogens with two attached hydrogens (primary N) is 1. The number of carboxylic acids is 1. The number of hydrogen-bond donors (Lipinski definition) is 4. The van der Waals surface area contributed by atoms with Gasteiger partial charge in [-0.3, -0.25) is 14.5 Å². The second-order valence-corrected chi connectivity index (χ2v) is 8.13. The summed E-state index contributed by atoms with van der Waals surface area (Å²) >= 11 is 0. The van der Waals surface area contributed by atoms with Crippen LogP contribution in [0.3, 0.4) is 0 Å². The van der Waals surface area contributed by atoms with Crippen LogP contribution in [0.1, 0.15) is 28.8 Å². The number of benzene rings is 1. The molecule has 1 atom stereocenters. The molecule has 0 radical (unpaired) electrons. The number of carboxylic acid groups (broad SMARTS) is 1. The molecule has 0 aromatic heterocycles. The second-order valence-electron chi connectivity index (χ2n) is 8.13. The van der Waals surface area contributed by atoms with Crippen LogP contribution < -0.4 is 20.6 Å². The van der Waals surface area contributed by atoms with Crippen LogP contribution >= 0.6 is 0 Å². The van der Waals surface area contributed by atoms with Crippen LogP contribution in [-0.2, 0) is 16.1 Å². The number of carbonyl (C=O) groups is 2. The van der Waals surface area contributed by atoms with Crippen LogP contribution in [0, 0.1) is 5.92 Å². The number of fused-ring (bicyclic) bond motifs is 1. The van der Waals surface area contributed by atoms with E-state index < -0.39 is 19.1 Å². The minimum Gasteiger partial charge on any atom is -0.535 e. The lowest BCUT2D eigenvalue weighted by Crippen LogP contribution is -2.59. The summed E-state index contributed by atoms with van der Waals surface area (Å²) in [4.78, 5) is 30.8. The van der Waals surface area contributed by atoms with Crippen LogP contribution in [0.15, 0.2) is 12.1 Å². The monoisotopic (exact) mass is 419 g/mol. The highest BCUT2D eigenvalue weighted by molar-refractivity contribution is 6.44. The lowest BCUT2D eigenvalue weighted by atomic mass is 9.78. The Hall–Kier alpha value is -2.34. The van der Waals surface area contributed by atoms with Crippen molar-refractivity contribution in [2.24, 2.45) is 11.7 Å². The Labute approximate surface area is 174 Å². The van der Waals surface area contributed by atoms with E-state index in [1.807, 2.05) is 4.90 Å². The van der Waals surface area contributed by atoms with Crippen molar-refractivity contribution in [2.75, 3.05) is 26.2 Å². The van der Waals surface area contributed by atoms with Crippen molar-refractivity contribution in [3.05, 3.63) is 23.3 Å². The average molecular weight is 419 g/mol. The SMILES string of the molecule is N[C@@H](CN1CC(Oc2ccc3c(c2C(=O)O)OB(O)CC3)C1)C(=O)NOCC1CC1. The normalized spacial score (nSPS) is 20.0. The summed E-state index contributed by atoms with van der Waals surface area (Å²) in [5, 5.41) is 19.4. The van der Waals surface area contributed by atoms with E-state index in [9.17, 15) is 19.7 Å². The van der Waals surface area contributed by atoms with Crippen LogP contribution in [0.25, 0.3) is 0 Å². The summed E-state index contributed by atoms with van der Waals surface area (Å²) in [6.45, 7) is 1.91. The Bertz CT molecular complexity index is 814. The Morgan fingerprint density at radius 3 is 2.83 bits per heavy atom. The molecular weight excluding hydrogens is 393 g/mol. The van der Waals surface area contributed by atoms with Gasteiger partial charge in [0.05, 0.1) is 12.6 Å². The summed E-state index contributed by atoms with van der Waals surface area (Å²) in [5.41, 5.74) is 8.97. The zero-order valence-electron chi connectivity index (χ0n) is 16.6. The first-order valence-electron chi connectivity index (χ1n) is 10.2. The van der Waals surface area contributed by atoms with Gasteiger partial charge in [-0.1, -0.05) is 6.07 Å². The molecule has 2 heterocycles. The zero-order valence-corrected chi connectivity index (χ0v) is 16.6. The molecule has 1 aromatic rings. The summed E-state index contributed by atoms with van der Waals surface area (Å²) in [7, 11) is -1.02. The zero-order chi connectivity index (χ0) is 21.3. The summed E-state index contributed by atoms with van der Waals surface area (Å²) in [5.74, 6) is -0.617. The first-order chi connectivity index (χ1) is 14.4. The quantitative estimate of drug-likeness (QED) is 0.312. The first kappa shape index (κ1) is 20.9. The molecule has 1 saturated carbocycles. The van der Waals surface area contributed by atoms with Crippen molar-refractivity contribution in [1.82, 2.24) is 10.4 Å². The van der Waals surface area contributed by atoms with Crippen molar-refractivity contribution in [3.8, 4) is 11.5 Å². The van der Waals surface area contributed by atoms with Gasteiger partial charge < -0.3 is 25.3 Å². The van der Waals surface area contributed by atoms with Gasteiger partial charge in [0.25, 0.3) is 5.91 Å². The maximum absolute atomic E-state index is 12.0. The Kier molecular flexibility index (Phi) is 6.14. The third-order valence-electron chi connectivity index (χ3n) is 5.53. The summed E-state index contributed by atoms with van der Waals surface area (Å²) in [6, 6.07) is 2.67. The number of likely N-dealkylation sites (tertiary alicyclic amines) is 1. The molecular formula is C19H26BN3O7. The molecule has 0 spiro atoms. The molecule has 11 heteroatoms. The predicted molar refractivity (Wildman–Crippen MR) is 106 cm³/mol. The Morgan fingerprint density at radius 1 is 1.37 bits per heavy atom. The van der Waals surface area contributed by atoms with Gasteiger partial charge in [-0.15, -0.1) is 0 Å². The number of carbonyl (C=O) groups excluding carboxylic acids is 1. The molecule has 2 aliphatic heterocycles. The van der Waals surface area contributed by atoms with Crippen LogP contribution in [0.2, 0.25) is 6.32 Å². The van der Waals surface area contributed by atoms with Crippen LogP contribution in [0.4, 0.5) is 0 Å². The number of hydrogen-bond acceptors (Lipinski definition) is 8. The molecule has 5 N–H and O–H groups in total. The molecule has 3 aliphatic rings. The average Bonchev–Trinajstić information content (AvgIpc) is 3.49. The summed E-state index contributed by atoms with van der Waals surface area (Å²) in [6.07, 6.45) is 3.01. The van der Waals surface area contributed by atoms with Crippen molar-refractivity contribution in [2.45, 2.75) is 37.7 Å². The van der Waals surface area contributed by atoms with Gasteiger partial charge in [0, 0.05) is 19.6 Å². The van der Waals surface area contributed by atoms with Gasteiger partial charge in [0.1, 0.15) is 23.2 Å². The van der Waals surface area contributed by atoms with Crippen molar-refractivity contribution in [1.29, 1.82) is 0 Å². The third kappa shape index (κ3) is 4.86. The lowest BCUT2D eigenvalue weighted by Gasteiger charge is -2.40. The van der Waals surface area contributed by atoms with E-state index in [1.54, 1.807) is 12.1 Å². The van der Waals surface area contributed by atoms with E-state index in [-0.39, 0.29) is 29.1 Å².